The number of rotatable bonds is 10. The van der Waals surface area contributed by atoms with Crippen molar-refractivity contribution in [3.05, 3.63) is 29.8 Å². The normalized spacial score (nSPS) is 13.0. The van der Waals surface area contributed by atoms with Crippen LogP contribution < -0.4 is 15.4 Å². The zero-order chi connectivity index (χ0) is 19.6. The van der Waals surface area contributed by atoms with Gasteiger partial charge in [-0.3, -0.25) is 4.99 Å². The number of sulfone groups is 1. The second kappa shape index (κ2) is 13.0. The van der Waals surface area contributed by atoms with E-state index in [0.717, 1.165) is 0 Å². The molecule has 1 unspecified atom stereocenters. The molecule has 1 aromatic rings. The molecule has 0 saturated heterocycles. The van der Waals surface area contributed by atoms with Crippen molar-refractivity contribution < 1.29 is 27.0 Å². The first-order valence-corrected chi connectivity index (χ1v) is 10.0. The molecule has 27 heavy (non-hydrogen) atoms. The van der Waals surface area contributed by atoms with Crippen molar-refractivity contribution in [2.45, 2.75) is 26.6 Å². The maximum absolute atomic E-state index is 12.1. The van der Waals surface area contributed by atoms with Crippen LogP contribution in [0, 0.1) is 0 Å². The largest absolute Gasteiger partial charge is 0.435 e. The van der Waals surface area contributed by atoms with Crippen LogP contribution in [0.4, 0.5) is 8.78 Å². The molecule has 0 aromatic heterocycles. The smallest absolute Gasteiger partial charge is 0.387 e. The number of benzene rings is 1. The molecular weight excluding hydrogens is 495 g/mol. The van der Waals surface area contributed by atoms with Crippen LogP contribution in [0.1, 0.15) is 25.5 Å². The summed E-state index contributed by atoms with van der Waals surface area (Å²) >= 11 is 0. The Hall–Kier alpha value is -1.21. The lowest BCUT2D eigenvalue weighted by atomic mass is 10.1. The molecule has 11 heteroatoms. The third-order valence-corrected chi connectivity index (χ3v) is 5.11. The van der Waals surface area contributed by atoms with Crippen LogP contribution in [0.3, 0.4) is 0 Å². The van der Waals surface area contributed by atoms with E-state index in [1.165, 1.54) is 24.3 Å². The molecule has 0 aliphatic heterocycles. The first-order chi connectivity index (χ1) is 12.3. The molecule has 3 N–H and O–H groups in total. The van der Waals surface area contributed by atoms with Crippen molar-refractivity contribution in [1.29, 1.82) is 0 Å². The average Bonchev–Trinajstić information content (AvgIpc) is 2.59. The minimum atomic E-state index is -3.08. The maximum Gasteiger partial charge on any atom is 0.387 e. The summed E-state index contributed by atoms with van der Waals surface area (Å²) in [7, 11) is -3.08. The molecule has 0 bridgehead atoms. The van der Waals surface area contributed by atoms with Crippen molar-refractivity contribution in [2.24, 2.45) is 4.99 Å². The molecule has 0 spiro atoms. The van der Waals surface area contributed by atoms with Gasteiger partial charge in [-0.15, -0.1) is 24.0 Å². The topological polar surface area (TPSA) is 100 Å². The number of hydrogen-bond acceptors (Lipinski definition) is 5. The van der Waals surface area contributed by atoms with E-state index < -0.39 is 22.6 Å². The Morgan fingerprint density at radius 3 is 2.37 bits per heavy atom. The lowest BCUT2D eigenvalue weighted by Gasteiger charge is -2.13. The molecule has 7 nitrogen and oxygen atoms in total. The van der Waals surface area contributed by atoms with Gasteiger partial charge in [0.15, 0.2) is 15.8 Å². The van der Waals surface area contributed by atoms with Gasteiger partial charge < -0.3 is 20.5 Å². The minimum Gasteiger partial charge on any atom is -0.435 e. The minimum absolute atomic E-state index is 0. The number of alkyl halides is 2. The lowest BCUT2D eigenvalue weighted by Crippen LogP contribution is -2.40. The number of halogens is 3. The molecule has 0 heterocycles. The SMILES string of the molecule is CCNC(=NCC(O)c1ccc(OC(F)F)cc1)NCCS(=O)(=O)CC.I. The molecule has 1 rings (SSSR count). The summed E-state index contributed by atoms with van der Waals surface area (Å²) in [4.78, 5) is 4.20. The molecule has 0 amide bonds. The average molecular weight is 521 g/mol. The fourth-order valence-corrected chi connectivity index (χ4v) is 2.67. The summed E-state index contributed by atoms with van der Waals surface area (Å²) in [6, 6.07) is 5.64. The molecule has 0 aliphatic carbocycles. The Balaban J connectivity index is 0.00000676. The highest BCUT2D eigenvalue weighted by molar-refractivity contribution is 14.0. The van der Waals surface area contributed by atoms with Gasteiger partial charge in [-0.25, -0.2) is 8.42 Å². The zero-order valence-corrected chi connectivity index (χ0v) is 18.3. The monoisotopic (exact) mass is 521 g/mol. The number of aliphatic hydroxyl groups excluding tert-OH is 1. The van der Waals surface area contributed by atoms with Crippen LogP contribution in [0.25, 0.3) is 0 Å². The lowest BCUT2D eigenvalue weighted by molar-refractivity contribution is -0.0498. The molecule has 1 atom stereocenters. The van der Waals surface area contributed by atoms with E-state index >= 15 is 0 Å². The van der Waals surface area contributed by atoms with E-state index in [4.69, 9.17) is 0 Å². The van der Waals surface area contributed by atoms with Gasteiger partial charge >= 0.3 is 6.61 Å². The Morgan fingerprint density at radius 2 is 1.85 bits per heavy atom. The number of nitrogens with zero attached hydrogens (tertiary/aromatic N) is 1. The van der Waals surface area contributed by atoms with E-state index in [1.807, 2.05) is 6.92 Å². The van der Waals surface area contributed by atoms with Gasteiger partial charge in [-0.05, 0) is 24.6 Å². The summed E-state index contributed by atoms with van der Waals surface area (Å²) < 4.78 is 51.5. The van der Waals surface area contributed by atoms with Gasteiger partial charge in [0.1, 0.15) is 5.75 Å². The van der Waals surface area contributed by atoms with Crippen molar-refractivity contribution in [1.82, 2.24) is 10.6 Å². The second-order valence-electron chi connectivity index (χ2n) is 5.35. The third-order valence-electron chi connectivity index (χ3n) is 3.40. The van der Waals surface area contributed by atoms with Crippen LogP contribution >= 0.6 is 24.0 Å². The Morgan fingerprint density at radius 1 is 1.22 bits per heavy atom. The van der Waals surface area contributed by atoms with Gasteiger partial charge in [0.25, 0.3) is 0 Å². The van der Waals surface area contributed by atoms with Gasteiger partial charge in [0, 0.05) is 18.8 Å². The zero-order valence-electron chi connectivity index (χ0n) is 15.2. The van der Waals surface area contributed by atoms with Crippen LogP contribution in [-0.2, 0) is 9.84 Å². The van der Waals surface area contributed by atoms with Crippen LogP contribution in [0.15, 0.2) is 29.3 Å². The van der Waals surface area contributed by atoms with Gasteiger partial charge in [-0.2, -0.15) is 8.78 Å². The molecule has 0 saturated carbocycles. The predicted molar refractivity (Wildman–Crippen MR) is 112 cm³/mol. The summed E-state index contributed by atoms with van der Waals surface area (Å²) in [5.41, 5.74) is 0.500. The maximum atomic E-state index is 12.1. The van der Waals surface area contributed by atoms with E-state index in [0.29, 0.717) is 18.1 Å². The molecular formula is C16H26F2IN3O4S. The standard InChI is InChI=1S/C16H25F2N3O4S.HI/c1-3-19-16(20-9-10-26(23,24)4-2)21-11-14(22)12-5-7-13(8-6-12)25-15(17)18;/h5-8,14-15,22H,3-4,9-11H2,1-2H3,(H2,19,20,21);1H. The van der Waals surface area contributed by atoms with E-state index in [1.54, 1.807) is 6.92 Å². The van der Waals surface area contributed by atoms with Gasteiger partial charge in [0.05, 0.1) is 18.4 Å². The number of aliphatic hydroxyl groups is 1. The Bertz CT molecular complexity index is 673. The molecule has 0 radical (unpaired) electrons. The summed E-state index contributed by atoms with van der Waals surface area (Å²) in [6.07, 6.45) is -0.939. The highest BCUT2D eigenvalue weighted by Gasteiger charge is 2.10. The van der Waals surface area contributed by atoms with Crippen LogP contribution in [0.5, 0.6) is 5.75 Å². The Labute approximate surface area is 175 Å². The molecule has 0 aliphatic rings. The second-order valence-corrected chi connectivity index (χ2v) is 7.82. The fourth-order valence-electron chi connectivity index (χ4n) is 1.97. The van der Waals surface area contributed by atoms with Crippen molar-refractivity contribution in [2.75, 3.05) is 31.1 Å². The highest BCUT2D eigenvalue weighted by Crippen LogP contribution is 2.19. The summed E-state index contributed by atoms with van der Waals surface area (Å²) in [5, 5.41) is 16.0. The fraction of sp³-hybridized carbons (Fsp3) is 0.562. The van der Waals surface area contributed by atoms with E-state index in [-0.39, 0.29) is 54.3 Å². The number of aliphatic imine (C=N–C) groups is 1. The first kappa shape index (κ1) is 25.8. The van der Waals surface area contributed by atoms with Crippen molar-refractivity contribution in [3.63, 3.8) is 0 Å². The van der Waals surface area contributed by atoms with Crippen LogP contribution in [-0.4, -0.2) is 57.2 Å². The number of guanidine groups is 1. The highest BCUT2D eigenvalue weighted by atomic mass is 127. The number of hydrogen-bond donors (Lipinski definition) is 3. The molecule has 1 aromatic carbocycles. The summed E-state index contributed by atoms with van der Waals surface area (Å²) in [6.45, 7) is 1.34. The van der Waals surface area contributed by atoms with Gasteiger partial charge in [-0.1, -0.05) is 19.1 Å². The number of nitrogens with one attached hydrogen (secondary N) is 2. The van der Waals surface area contributed by atoms with E-state index in [2.05, 4.69) is 20.4 Å². The predicted octanol–water partition coefficient (Wildman–Crippen LogP) is 1.93. The third kappa shape index (κ3) is 10.6. The number of ether oxygens (including phenoxy) is 1. The quantitative estimate of drug-likeness (QED) is 0.247. The summed E-state index contributed by atoms with van der Waals surface area (Å²) in [5.74, 6) is 0.455. The van der Waals surface area contributed by atoms with E-state index in [9.17, 15) is 22.3 Å². The first-order valence-electron chi connectivity index (χ1n) is 8.22. The molecule has 156 valence electrons. The van der Waals surface area contributed by atoms with Crippen molar-refractivity contribution in [3.8, 4) is 5.75 Å². The Kier molecular flexibility index (Phi) is 12.5. The molecule has 0 fully saturated rings. The van der Waals surface area contributed by atoms with Crippen LogP contribution in [0.2, 0.25) is 0 Å². The van der Waals surface area contributed by atoms with Crippen molar-refractivity contribution >= 4 is 39.8 Å². The van der Waals surface area contributed by atoms with Gasteiger partial charge in [0.2, 0.25) is 0 Å².